The van der Waals surface area contributed by atoms with Gasteiger partial charge in [-0.3, -0.25) is 14.9 Å². The van der Waals surface area contributed by atoms with Crippen molar-refractivity contribution < 1.29 is 18.4 Å². The van der Waals surface area contributed by atoms with Crippen LogP contribution in [0.3, 0.4) is 0 Å². The Labute approximate surface area is 151 Å². The second kappa shape index (κ2) is 6.42. The van der Waals surface area contributed by atoms with Gasteiger partial charge in [-0.2, -0.15) is 0 Å². The van der Waals surface area contributed by atoms with Crippen molar-refractivity contribution in [1.29, 1.82) is 0 Å². The van der Waals surface area contributed by atoms with Crippen molar-refractivity contribution in [3.05, 3.63) is 76.3 Å². The third-order valence-corrected chi connectivity index (χ3v) is 4.94. The molecule has 0 saturated carbocycles. The molecule has 0 atom stereocenters. The summed E-state index contributed by atoms with van der Waals surface area (Å²) in [5.41, 5.74) is 2.01. The number of nitrogens with zero attached hydrogens (tertiary/aromatic N) is 1. The van der Waals surface area contributed by atoms with E-state index in [4.69, 9.17) is 0 Å². The number of carbonyl (C=O) groups excluding carboxylic acids is 2. The fourth-order valence-electron chi connectivity index (χ4n) is 2.91. The molecule has 1 N–H and O–H groups in total. The van der Waals surface area contributed by atoms with Crippen LogP contribution >= 0.6 is 11.8 Å². The van der Waals surface area contributed by atoms with Gasteiger partial charge in [-0.15, -0.1) is 0 Å². The molecule has 0 spiro atoms. The number of rotatable bonds is 3. The summed E-state index contributed by atoms with van der Waals surface area (Å²) in [6.45, 7) is 0.253. The van der Waals surface area contributed by atoms with Crippen LogP contribution in [0.1, 0.15) is 11.1 Å². The summed E-state index contributed by atoms with van der Waals surface area (Å²) in [4.78, 5) is 23.4. The largest absolute Gasteiger partial charge is 0.343 e. The van der Waals surface area contributed by atoms with Crippen LogP contribution in [0.25, 0.3) is 17.0 Å². The molecule has 4 nitrogen and oxygen atoms in total. The maximum absolute atomic E-state index is 13.9. The van der Waals surface area contributed by atoms with Crippen LogP contribution in [-0.2, 0) is 11.3 Å². The number of imide groups is 1. The highest BCUT2D eigenvalue weighted by Gasteiger charge is 2.25. The molecule has 3 aromatic rings. The lowest BCUT2D eigenvalue weighted by atomic mass is 10.1. The van der Waals surface area contributed by atoms with Crippen molar-refractivity contribution in [3.63, 3.8) is 0 Å². The predicted molar refractivity (Wildman–Crippen MR) is 96.5 cm³/mol. The molecule has 7 heteroatoms. The van der Waals surface area contributed by atoms with E-state index < -0.39 is 22.8 Å². The fourth-order valence-corrected chi connectivity index (χ4v) is 3.58. The number of fused-ring (bicyclic) bond motifs is 1. The number of halogens is 2. The van der Waals surface area contributed by atoms with Crippen molar-refractivity contribution in [1.82, 2.24) is 9.88 Å². The maximum atomic E-state index is 13.9. The second-order valence-corrected chi connectivity index (χ2v) is 6.83. The second-order valence-electron chi connectivity index (χ2n) is 5.81. The molecule has 26 heavy (non-hydrogen) atoms. The van der Waals surface area contributed by atoms with E-state index in [1.807, 2.05) is 35.0 Å². The summed E-state index contributed by atoms with van der Waals surface area (Å²) in [5.74, 6) is -1.62. The summed E-state index contributed by atoms with van der Waals surface area (Å²) in [5, 5.41) is 2.70. The van der Waals surface area contributed by atoms with Crippen molar-refractivity contribution in [2.45, 2.75) is 6.54 Å². The van der Waals surface area contributed by atoms with Gasteiger partial charge in [-0.25, -0.2) is 8.78 Å². The van der Waals surface area contributed by atoms with Crippen molar-refractivity contribution in [2.24, 2.45) is 0 Å². The number of hydrogen-bond acceptors (Lipinski definition) is 3. The molecule has 2 aromatic carbocycles. The topological polar surface area (TPSA) is 51.1 Å². The lowest BCUT2D eigenvalue weighted by molar-refractivity contribution is -0.115. The Kier molecular flexibility index (Phi) is 4.08. The van der Waals surface area contributed by atoms with Gasteiger partial charge in [0, 0.05) is 28.7 Å². The van der Waals surface area contributed by atoms with E-state index in [2.05, 4.69) is 5.32 Å². The van der Waals surface area contributed by atoms with E-state index in [1.54, 1.807) is 6.08 Å². The zero-order valence-electron chi connectivity index (χ0n) is 13.3. The highest BCUT2D eigenvalue weighted by molar-refractivity contribution is 8.18. The molecule has 130 valence electrons. The van der Waals surface area contributed by atoms with E-state index in [0.29, 0.717) is 10.5 Å². The van der Waals surface area contributed by atoms with Gasteiger partial charge in [0.05, 0.1) is 11.4 Å². The molecule has 4 rings (SSSR count). The molecule has 0 unspecified atom stereocenters. The van der Waals surface area contributed by atoms with Crippen LogP contribution in [-0.4, -0.2) is 15.7 Å². The molecular weight excluding hydrogens is 358 g/mol. The fraction of sp³-hybridized carbons (Fsp3) is 0.0526. The summed E-state index contributed by atoms with van der Waals surface area (Å²) < 4.78 is 28.9. The highest BCUT2D eigenvalue weighted by Crippen LogP contribution is 2.29. The molecule has 1 aliphatic heterocycles. The summed E-state index contributed by atoms with van der Waals surface area (Å²) in [6, 6.07) is 10.9. The first-order valence-electron chi connectivity index (χ1n) is 7.78. The van der Waals surface area contributed by atoms with Crippen LogP contribution in [0.4, 0.5) is 13.6 Å². The van der Waals surface area contributed by atoms with Crippen LogP contribution < -0.4 is 5.32 Å². The number of carbonyl (C=O) groups is 2. The molecule has 1 saturated heterocycles. The highest BCUT2D eigenvalue weighted by atomic mass is 32.2. The van der Waals surface area contributed by atoms with Gasteiger partial charge in [0.25, 0.3) is 11.1 Å². The van der Waals surface area contributed by atoms with Gasteiger partial charge in [0.2, 0.25) is 0 Å². The number of amides is 2. The average Bonchev–Trinajstić information content (AvgIpc) is 3.14. The van der Waals surface area contributed by atoms with Gasteiger partial charge < -0.3 is 4.57 Å². The number of aromatic nitrogens is 1. The van der Waals surface area contributed by atoms with Crippen LogP contribution in [0.5, 0.6) is 0 Å². The first-order chi connectivity index (χ1) is 12.5. The molecule has 2 amide bonds. The van der Waals surface area contributed by atoms with Gasteiger partial charge in [0.1, 0.15) is 11.6 Å². The molecule has 1 fully saturated rings. The first kappa shape index (κ1) is 16.5. The number of nitrogens with one attached hydrogen (secondary N) is 1. The van der Waals surface area contributed by atoms with Gasteiger partial charge >= 0.3 is 0 Å². The number of hydrogen-bond donors (Lipinski definition) is 1. The summed E-state index contributed by atoms with van der Waals surface area (Å²) >= 11 is 0.859. The Balaban J connectivity index is 1.72. The van der Waals surface area contributed by atoms with E-state index in [-0.39, 0.29) is 6.54 Å². The Morgan fingerprint density at radius 1 is 1.12 bits per heavy atom. The van der Waals surface area contributed by atoms with Gasteiger partial charge in [-0.05, 0) is 41.6 Å². The molecule has 0 radical (unpaired) electrons. The molecule has 1 aromatic heterocycles. The summed E-state index contributed by atoms with van der Waals surface area (Å²) in [6.07, 6.45) is 3.47. The smallest absolute Gasteiger partial charge is 0.290 e. The molecule has 1 aliphatic rings. The van der Waals surface area contributed by atoms with Crippen molar-refractivity contribution in [3.8, 4) is 0 Å². The maximum Gasteiger partial charge on any atom is 0.290 e. The third-order valence-electron chi connectivity index (χ3n) is 4.13. The summed E-state index contributed by atoms with van der Waals surface area (Å²) in [7, 11) is 0. The normalized spacial score (nSPS) is 15.8. The third kappa shape index (κ3) is 3.01. The number of thioether (sulfide) groups is 1. The minimum Gasteiger partial charge on any atom is -0.343 e. The Morgan fingerprint density at radius 2 is 1.96 bits per heavy atom. The van der Waals surface area contributed by atoms with Crippen molar-refractivity contribution in [2.75, 3.05) is 0 Å². The van der Waals surface area contributed by atoms with E-state index >= 15 is 0 Å². The number of benzene rings is 2. The van der Waals surface area contributed by atoms with Crippen LogP contribution in [0.2, 0.25) is 0 Å². The molecule has 0 aliphatic carbocycles. The Morgan fingerprint density at radius 3 is 2.69 bits per heavy atom. The SMILES string of the molecule is O=C1NC(=O)C(=Cc2cccc3c2ccn3Cc2ccc(F)cc2F)S1. The molecule has 0 bridgehead atoms. The lowest BCUT2D eigenvalue weighted by Gasteiger charge is -2.08. The quantitative estimate of drug-likeness (QED) is 0.700. The lowest BCUT2D eigenvalue weighted by Crippen LogP contribution is -2.17. The van der Waals surface area contributed by atoms with Crippen LogP contribution in [0.15, 0.2) is 53.6 Å². The molecular formula is C19H12F2N2O2S. The minimum absolute atomic E-state index is 0.253. The predicted octanol–water partition coefficient (Wildman–Crippen LogP) is 4.29. The van der Waals surface area contributed by atoms with Gasteiger partial charge in [0.15, 0.2) is 0 Å². The van der Waals surface area contributed by atoms with E-state index in [1.165, 1.54) is 12.1 Å². The first-order valence-corrected chi connectivity index (χ1v) is 8.59. The zero-order valence-corrected chi connectivity index (χ0v) is 14.1. The van der Waals surface area contributed by atoms with Crippen molar-refractivity contribution >= 4 is 39.9 Å². The molecule has 2 heterocycles. The monoisotopic (exact) mass is 370 g/mol. The van der Waals surface area contributed by atoms with E-state index in [9.17, 15) is 18.4 Å². The van der Waals surface area contributed by atoms with Crippen LogP contribution in [0, 0.1) is 11.6 Å². The average molecular weight is 370 g/mol. The minimum atomic E-state index is -0.612. The van der Waals surface area contributed by atoms with E-state index in [0.717, 1.165) is 34.3 Å². The standard InChI is InChI=1S/C19H12F2N2O2S/c20-13-5-4-12(15(21)9-13)10-23-7-6-14-11(2-1-3-16(14)23)8-17-18(24)22-19(25)26-17/h1-9H,10H2,(H,22,24,25). The Bertz CT molecular complexity index is 1090. The van der Waals surface area contributed by atoms with Gasteiger partial charge in [-0.1, -0.05) is 18.2 Å². The Hall–Kier alpha value is -2.93. The zero-order chi connectivity index (χ0) is 18.3.